The molecule has 0 aromatic carbocycles. The highest BCUT2D eigenvalue weighted by molar-refractivity contribution is 6.30. The number of H-pyrrole nitrogens is 1. The number of aromatic nitrogens is 2. The number of rotatable bonds is 1. The van der Waals surface area contributed by atoms with Crippen LogP contribution in [0.1, 0.15) is 10.5 Å². The van der Waals surface area contributed by atoms with Gasteiger partial charge < -0.3 is 4.98 Å². The summed E-state index contributed by atoms with van der Waals surface area (Å²) in [4.78, 5) is 17.4. The first-order valence-electron chi connectivity index (χ1n) is 3.40. The number of carbonyl (C=O) groups excluding carboxylic acids is 1. The van der Waals surface area contributed by atoms with Gasteiger partial charge in [-0.15, -0.1) is 0 Å². The van der Waals surface area contributed by atoms with Gasteiger partial charge in [-0.1, -0.05) is 11.6 Å². The molecule has 0 bridgehead atoms. The average molecular weight is 181 g/mol. The summed E-state index contributed by atoms with van der Waals surface area (Å²) < 4.78 is 0. The molecule has 0 unspecified atom stereocenters. The van der Waals surface area contributed by atoms with Crippen molar-refractivity contribution in [3.63, 3.8) is 0 Å². The number of pyridine rings is 1. The highest BCUT2D eigenvalue weighted by Gasteiger charge is 2.03. The van der Waals surface area contributed by atoms with Crippen molar-refractivity contribution in [2.45, 2.75) is 0 Å². The molecule has 0 amide bonds. The van der Waals surface area contributed by atoms with Crippen LogP contribution in [0.3, 0.4) is 0 Å². The minimum absolute atomic E-state index is 0.326. The molecule has 2 rings (SSSR count). The van der Waals surface area contributed by atoms with Crippen molar-refractivity contribution >= 4 is 28.8 Å². The molecule has 0 radical (unpaired) electrons. The van der Waals surface area contributed by atoms with Crippen molar-refractivity contribution in [3.05, 3.63) is 29.2 Å². The zero-order chi connectivity index (χ0) is 8.55. The topological polar surface area (TPSA) is 45.8 Å². The molecule has 0 aliphatic heterocycles. The fourth-order valence-electron chi connectivity index (χ4n) is 1.14. The van der Waals surface area contributed by atoms with Crippen molar-refractivity contribution in [2.24, 2.45) is 0 Å². The van der Waals surface area contributed by atoms with Crippen LogP contribution >= 0.6 is 11.6 Å². The van der Waals surface area contributed by atoms with E-state index in [9.17, 15) is 4.79 Å². The van der Waals surface area contributed by atoms with Crippen LogP contribution in [0, 0.1) is 0 Å². The summed E-state index contributed by atoms with van der Waals surface area (Å²) in [5.41, 5.74) is 1.20. The van der Waals surface area contributed by atoms with Crippen molar-refractivity contribution < 1.29 is 4.79 Å². The molecule has 12 heavy (non-hydrogen) atoms. The predicted molar refractivity (Wildman–Crippen MR) is 46.5 cm³/mol. The number of nitrogens with one attached hydrogen (secondary N) is 1. The molecule has 60 valence electrons. The van der Waals surface area contributed by atoms with Crippen molar-refractivity contribution in [2.75, 3.05) is 0 Å². The summed E-state index contributed by atoms with van der Waals surface area (Å²) in [5, 5.41) is 1.13. The van der Waals surface area contributed by atoms with Crippen molar-refractivity contribution in [3.8, 4) is 0 Å². The van der Waals surface area contributed by atoms with Crippen molar-refractivity contribution in [1.82, 2.24) is 9.97 Å². The van der Waals surface area contributed by atoms with Crippen LogP contribution in [-0.4, -0.2) is 16.3 Å². The highest BCUT2D eigenvalue weighted by atomic mass is 35.5. The fourth-order valence-corrected chi connectivity index (χ4v) is 1.34. The summed E-state index contributed by atoms with van der Waals surface area (Å²) in [7, 11) is 0. The largest absolute Gasteiger partial charge is 0.361 e. The van der Waals surface area contributed by atoms with Gasteiger partial charge in [0.05, 0.1) is 5.52 Å². The average Bonchev–Trinajstić information content (AvgIpc) is 2.50. The van der Waals surface area contributed by atoms with Crippen molar-refractivity contribution in [1.29, 1.82) is 0 Å². The third-order valence-corrected chi connectivity index (χ3v) is 1.85. The molecular formula is C8H5ClN2O. The summed E-state index contributed by atoms with van der Waals surface area (Å²) in [5.74, 6) is 0. The number of halogens is 1. The lowest BCUT2D eigenvalue weighted by Gasteiger charge is -1.94. The van der Waals surface area contributed by atoms with Crippen LogP contribution in [0.25, 0.3) is 10.9 Å². The Labute approximate surface area is 73.4 Å². The molecule has 0 spiro atoms. The summed E-state index contributed by atoms with van der Waals surface area (Å²) in [6.07, 6.45) is 2.44. The molecule has 0 fully saturated rings. The molecule has 2 aromatic rings. The molecular weight excluding hydrogens is 176 g/mol. The number of hydrogen-bond acceptors (Lipinski definition) is 2. The molecule has 0 aliphatic carbocycles. The SMILES string of the molecule is O=Cc1nc(Cl)cc2[nH]ccc12. The Morgan fingerprint density at radius 3 is 3.17 bits per heavy atom. The van der Waals surface area contributed by atoms with Crippen LogP contribution in [0.4, 0.5) is 0 Å². The first-order chi connectivity index (χ1) is 5.81. The highest BCUT2D eigenvalue weighted by Crippen LogP contribution is 2.18. The lowest BCUT2D eigenvalue weighted by Crippen LogP contribution is -1.87. The lowest BCUT2D eigenvalue weighted by molar-refractivity contribution is 0.112. The lowest BCUT2D eigenvalue weighted by atomic mass is 10.2. The molecule has 0 aliphatic rings. The molecule has 2 heterocycles. The second-order valence-corrected chi connectivity index (χ2v) is 2.77. The van der Waals surface area contributed by atoms with E-state index in [2.05, 4.69) is 9.97 Å². The number of hydrogen-bond donors (Lipinski definition) is 1. The second kappa shape index (κ2) is 2.60. The Balaban J connectivity index is 2.88. The van der Waals surface area contributed by atoms with E-state index in [4.69, 9.17) is 11.6 Å². The monoisotopic (exact) mass is 180 g/mol. The Kier molecular flexibility index (Phi) is 1.59. The predicted octanol–water partition coefficient (Wildman–Crippen LogP) is 2.03. The Bertz CT molecular complexity index is 436. The van der Waals surface area contributed by atoms with Crippen LogP contribution in [0.2, 0.25) is 5.15 Å². The fraction of sp³-hybridized carbons (Fsp3) is 0. The van der Waals surface area contributed by atoms with E-state index in [0.29, 0.717) is 17.1 Å². The van der Waals surface area contributed by atoms with Gasteiger partial charge in [-0.2, -0.15) is 0 Å². The third-order valence-electron chi connectivity index (χ3n) is 1.66. The van der Waals surface area contributed by atoms with E-state index in [1.165, 1.54) is 0 Å². The van der Waals surface area contributed by atoms with Gasteiger partial charge in [-0.25, -0.2) is 4.98 Å². The normalized spacial score (nSPS) is 10.4. The van der Waals surface area contributed by atoms with E-state index in [1.807, 2.05) is 0 Å². The maximum atomic E-state index is 10.5. The van der Waals surface area contributed by atoms with Gasteiger partial charge in [0.1, 0.15) is 10.8 Å². The number of carbonyl (C=O) groups is 1. The van der Waals surface area contributed by atoms with Gasteiger partial charge in [0.15, 0.2) is 6.29 Å². The van der Waals surface area contributed by atoms with E-state index < -0.39 is 0 Å². The Morgan fingerprint density at radius 1 is 1.58 bits per heavy atom. The summed E-state index contributed by atoms with van der Waals surface area (Å²) in [6.45, 7) is 0. The van der Waals surface area contributed by atoms with Crippen LogP contribution in [-0.2, 0) is 0 Å². The van der Waals surface area contributed by atoms with E-state index in [-0.39, 0.29) is 0 Å². The maximum Gasteiger partial charge on any atom is 0.169 e. The summed E-state index contributed by atoms with van der Waals surface area (Å²) >= 11 is 5.67. The number of aldehydes is 1. The molecule has 0 saturated heterocycles. The van der Waals surface area contributed by atoms with E-state index in [1.54, 1.807) is 18.3 Å². The van der Waals surface area contributed by atoms with Crippen LogP contribution < -0.4 is 0 Å². The zero-order valence-electron chi connectivity index (χ0n) is 6.04. The quantitative estimate of drug-likeness (QED) is 0.539. The standard InChI is InChI=1S/C8H5ClN2O/c9-8-3-6-5(1-2-10-6)7(4-12)11-8/h1-4,10H. The number of nitrogens with zero attached hydrogens (tertiary/aromatic N) is 1. The molecule has 0 atom stereocenters. The first-order valence-corrected chi connectivity index (χ1v) is 3.78. The third kappa shape index (κ3) is 0.987. The van der Waals surface area contributed by atoms with E-state index in [0.717, 1.165) is 10.9 Å². The smallest absolute Gasteiger partial charge is 0.169 e. The van der Waals surface area contributed by atoms with E-state index >= 15 is 0 Å². The van der Waals surface area contributed by atoms with Gasteiger partial charge >= 0.3 is 0 Å². The first kappa shape index (κ1) is 7.31. The molecule has 2 aromatic heterocycles. The maximum absolute atomic E-state index is 10.5. The van der Waals surface area contributed by atoms with Gasteiger partial charge in [-0.05, 0) is 12.1 Å². The minimum atomic E-state index is 0.326. The summed E-state index contributed by atoms with van der Waals surface area (Å²) in [6, 6.07) is 3.48. The van der Waals surface area contributed by atoms with Crippen LogP contribution in [0.15, 0.2) is 18.3 Å². The zero-order valence-corrected chi connectivity index (χ0v) is 6.80. The van der Waals surface area contributed by atoms with Gasteiger partial charge in [0, 0.05) is 11.6 Å². The molecule has 3 nitrogen and oxygen atoms in total. The minimum Gasteiger partial charge on any atom is -0.361 e. The molecule has 1 N–H and O–H groups in total. The molecule has 4 heteroatoms. The van der Waals surface area contributed by atoms with Gasteiger partial charge in [0.25, 0.3) is 0 Å². The molecule has 0 saturated carbocycles. The Morgan fingerprint density at radius 2 is 2.42 bits per heavy atom. The van der Waals surface area contributed by atoms with Gasteiger partial charge in [-0.3, -0.25) is 4.79 Å². The number of fused-ring (bicyclic) bond motifs is 1. The number of aromatic amines is 1. The van der Waals surface area contributed by atoms with Gasteiger partial charge in [0.2, 0.25) is 0 Å². The Hall–Kier alpha value is -1.35. The second-order valence-electron chi connectivity index (χ2n) is 2.39. The van der Waals surface area contributed by atoms with Crippen LogP contribution in [0.5, 0.6) is 0 Å².